The molecule has 0 aromatic carbocycles. The fourth-order valence-corrected chi connectivity index (χ4v) is 4.58. The van der Waals surface area contributed by atoms with Gasteiger partial charge in [0.05, 0.1) is 6.10 Å². The van der Waals surface area contributed by atoms with Crippen LogP contribution in [0.5, 0.6) is 0 Å². The molecule has 0 amide bonds. The van der Waals surface area contributed by atoms with E-state index in [0.29, 0.717) is 18.2 Å². The zero-order chi connectivity index (χ0) is 13.5. The topological polar surface area (TPSA) is 9.23 Å². The van der Waals surface area contributed by atoms with Crippen molar-refractivity contribution in [3.05, 3.63) is 0 Å². The van der Waals surface area contributed by atoms with Crippen molar-refractivity contribution in [1.82, 2.24) is 0 Å². The number of hydrogen-bond acceptors (Lipinski definition) is 1. The Morgan fingerprint density at radius 3 is 2.58 bits per heavy atom. The molecule has 4 heteroatoms. The maximum atomic E-state index is 13.6. The smallest absolute Gasteiger partial charge is 0.248 e. The monoisotopic (exact) mass is 292 g/mol. The lowest BCUT2D eigenvalue weighted by molar-refractivity contribution is -0.0636. The van der Waals surface area contributed by atoms with Crippen molar-refractivity contribution in [3.63, 3.8) is 0 Å². The Balaban J connectivity index is 1.68. The Hall–Kier alpha value is 0.110. The number of hydrogen-bond donors (Lipinski definition) is 0. The number of rotatable bonds is 4. The van der Waals surface area contributed by atoms with Crippen molar-refractivity contribution in [2.24, 2.45) is 17.3 Å². The van der Waals surface area contributed by atoms with Gasteiger partial charge in [-0.15, -0.1) is 11.6 Å². The molecule has 2 aliphatic carbocycles. The molecule has 3 atom stereocenters. The average molecular weight is 293 g/mol. The molecule has 1 saturated heterocycles. The van der Waals surface area contributed by atoms with Gasteiger partial charge in [0.1, 0.15) is 0 Å². The van der Waals surface area contributed by atoms with Gasteiger partial charge in [0.15, 0.2) is 0 Å². The van der Waals surface area contributed by atoms with Crippen LogP contribution in [-0.4, -0.2) is 24.5 Å². The summed E-state index contributed by atoms with van der Waals surface area (Å²) in [5.41, 5.74) is -0.0270. The molecule has 0 aromatic rings. The van der Waals surface area contributed by atoms with Crippen LogP contribution in [0, 0.1) is 17.3 Å². The molecule has 1 aliphatic heterocycles. The lowest BCUT2D eigenvalue weighted by Gasteiger charge is -2.38. The largest absolute Gasteiger partial charge is 0.377 e. The van der Waals surface area contributed by atoms with Crippen molar-refractivity contribution >= 4 is 11.6 Å². The van der Waals surface area contributed by atoms with E-state index >= 15 is 0 Å². The van der Waals surface area contributed by atoms with Gasteiger partial charge in [0.2, 0.25) is 5.92 Å². The Morgan fingerprint density at radius 2 is 1.95 bits per heavy atom. The first kappa shape index (κ1) is 14.1. The van der Waals surface area contributed by atoms with Gasteiger partial charge in [-0.3, -0.25) is 0 Å². The Labute approximate surface area is 119 Å². The molecule has 0 radical (unpaired) electrons. The molecular formula is C15H23ClF2O. The third-order valence-corrected chi connectivity index (χ3v) is 5.79. The third kappa shape index (κ3) is 2.92. The lowest BCUT2D eigenvalue weighted by atomic mass is 9.70. The van der Waals surface area contributed by atoms with Crippen molar-refractivity contribution in [1.29, 1.82) is 0 Å². The quantitative estimate of drug-likeness (QED) is 0.687. The first-order valence-electron chi connectivity index (χ1n) is 7.60. The van der Waals surface area contributed by atoms with E-state index in [0.717, 1.165) is 25.9 Å². The fraction of sp³-hybridized carbons (Fsp3) is 1.00. The van der Waals surface area contributed by atoms with E-state index in [9.17, 15) is 8.78 Å². The molecule has 19 heavy (non-hydrogen) atoms. The summed E-state index contributed by atoms with van der Waals surface area (Å²) in [7, 11) is 0. The summed E-state index contributed by atoms with van der Waals surface area (Å²) in [6, 6.07) is 0. The van der Waals surface area contributed by atoms with Gasteiger partial charge >= 0.3 is 0 Å². The maximum absolute atomic E-state index is 13.6. The van der Waals surface area contributed by atoms with E-state index < -0.39 is 5.92 Å². The molecule has 0 bridgehead atoms. The molecule has 3 rings (SSSR count). The predicted molar refractivity (Wildman–Crippen MR) is 71.8 cm³/mol. The van der Waals surface area contributed by atoms with Crippen LogP contribution in [0.25, 0.3) is 0 Å². The van der Waals surface area contributed by atoms with Gasteiger partial charge in [0, 0.05) is 30.7 Å². The molecule has 110 valence electrons. The SMILES string of the molecule is FC1(F)CCCC(CC2(CCl)CCOC2C2CC2)C1. The van der Waals surface area contributed by atoms with Gasteiger partial charge in [-0.2, -0.15) is 0 Å². The van der Waals surface area contributed by atoms with Crippen LogP contribution in [0.3, 0.4) is 0 Å². The first-order chi connectivity index (χ1) is 9.05. The minimum absolute atomic E-state index is 0.0270. The second kappa shape index (κ2) is 5.14. The van der Waals surface area contributed by atoms with Gasteiger partial charge < -0.3 is 4.74 Å². The summed E-state index contributed by atoms with van der Waals surface area (Å²) >= 11 is 6.25. The van der Waals surface area contributed by atoms with Gasteiger partial charge in [-0.05, 0) is 50.4 Å². The van der Waals surface area contributed by atoms with E-state index in [-0.39, 0.29) is 30.3 Å². The number of ether oxygens (including phenoxy) is 1. The Bertz CT molecular complexity index is 332. The van der Waals surface area contributed by atoms with Crippen molar-refractivity contribution < 1.29 is 13.5 Å². The van der Waals surface area contributed by atoms with Crippen LogP contribution in [0.2, 0.25) is 0 Å². The van der Waals surface area contributed by atoms with Crippen molar-refractivity contribution in [2.45, 2.75) is 63.4 Å². The van der Waals surface area contributed by atoms with E-state index in [2.05, 4.69) is 0 Å². The normalized spacial score (nSPS) is 42.5. The van der Waals surface area contributed by atoms with Crippen molar-refractivity contribution in [2.75, 3.05) is 12.5 Å². The molecule has 3 aliphatic rings. The van der Waals surface area contributed by atoms with E-state index in [4.69, 9.17) is 16.3 Å². The average Bonchev–Trinajstić information content (AvgIpc) is 3.10. The van der Waals surface area contributed by atoms with Crippen LogP contribution in [-0.2, 0) is 4.74 Å². The second-order valence-corrected chi connectivity index (χ2v) is 7.16. The highest BCUT2D eigenvalue weighted by Gasteiger charge is 2.52. The number of alkyl halides is 3. The molecule has 1 nitrogen and oxygen atoms in total. The summed E-state index contributed by atoms with van der Waals surface area (Å²) in [4.78, 5) is 0. The molecule has 0 aromatic heterocycles. The Kier molecular flexibility index (Phi) is 3.81. The number of halogens is 3. The van der Waals surface area contributed by atoms with Gasteiger partial charge in [-0.1, -0.05) is 0 Å². The van der Waals surface area contributed by atoms with Gasteiger partial charge in [0.25, 0.3) is 0 Å². The summed E-state index contributed by atoms with van der Waals surface area (Å²) < 4.78 is 33.0. The predicted octanol–water partition coefficient (Wildman–Crippen LogP) is 4.63. The minimum Gasteiger partial charge on any atom is -0.377 e. The minimum atomic E-state index is -2.45. The zero-order valence-corrected chi connectivity index (χ0v) is 12.1. The summed E-state index contributed by atoms with van der Waals surface area (Å²) in [6.45, 7) is 0.761. The third-order valence-electron chi connectivity index (χ3n) is 5.25. The highest BCUT2D eigenvalue weighted by Crippen LogP contribution is 2.53. The zero-order valence-electron chi connectivity index (χ0n) is 11.3. The molecule has 3 fully saturated rings. The van der Waals surface area contributed by atoms with Crippen LogP contribution in [0.1, 0.15) is 51.4 Å². The molecule has 1 heterocycles. The standard InChI is InChI=1S/C15H23ClF2O/c16-10-14(6-7-19-13(14)12-3-4-12)8-11-2-1-5-15(17,18)9-11/h11-13H,1-10H2. The Morgan fingerprint density at radius 1 is 1.16 bits per heavy atom. The molecule has 2 saturated carbocycles. The van der Waals surface area contributed by atoms with Crippen LogP contribution < -0.4 is 0 Å². The second-order valence-electron chi connectivity index (χ2n) is 6.90. The maximum Gasteiger partial charge on any atom is 0.248 e. The highest BCUT2D eigenvalue weighted by atomic mass is 35.5. The van der Waals surface area contributed by atoms with Crippen LogP contribution in [0.15, 0.2) is 0 Å². The lowest BCUT2D eigenvalue weighted by Crippen LogP contribution is -2.38. The van der Waals surface area contributed by atoms with E-state index in [1.54, 1.807) is 0 Å². The van der Waals surface area contributed by atoms with E-state index in [1.807, 2.05) is 0 Å². The highest BCUT2D eigenvalue weighted by molar-refractivity contribution is 6.18. The molecule has 0 N–H and O–H groups in total. The molecule has 3 unspecified atom stereocenters. The van der Waals surface area contributed by atoms with Gasteiger partial charge in [-0.25, -0.2) is 8.78 Å². The summed E-state index contributed by atoms with van der Waals surface area (Å²) in [5.74, 6) is -1.11. The fourth-order valence-electron chi connectivity index (χ4n) is 4.18. The molecule has 0 spiro atoms. The first-order valence-corrected chi connectivity index (χ1v) is 8.14. The van der Waals surface area contributed by atoms with Crippen LogP contribution in [0.4, 0.5) is 8.78 Å². The summed E-state index contributed by atoms with van der Waals surface area (Å²) in [6.07, 6.45) is 6.21. The van der Waals surface area contributed by atoms with Crippen molar-refractivity contribution in [3.8, 4) is 0 Å². The van der Waals surface area contributed by atoms with Crippen LogP contribution >= 0.6 is 11.6 Å². The summed E-state index contributed by atoms with van der Waals surface area (Å²) in [5, 5.41) is 0. The molecular weight excluding hydrogens is 270 g/mol. The van der Waals surface area contributed by atoms with E-state index in [1.165, 1.54) is 12.8 Å².